The highest BCUT2D eigenvalue weighted by molar-refractivity contribution is 5.78. The summed E-state index contributed by atoms with van der Waals surface area (Å²) in [6.07, 6.45) is 2.63. The van der Waals surface area contributed by atoms with E-state index < -0.39 is 0 Å². The summed E-state index contributed by atoms with van der Waals surface area (Å²) in [5.74, 6) is 1.09. The van der Waals surface area contributed by atoms with Crippen LogP contribution in [0.1, 0.15) is 5.56 Å². The summed E-state index contributed by atoms with van der Waals surface area (Å²) < 4.78 is 0. The van der Waals surface area contributed by atoms with Crippen molar-refractivity contribution in [2.45, 2.75) is 6.42 Å². The van der Waals surface area contributed by atoms with Gasteiger partial charge >= 0.3 is 0 Å². The molecular weight excluding hydrogens is 314 g/mol. The Hall–Kier alpha value is -2.60. The van der Waals surface area contributed by atoms with Crippen molar-refractivity contribution < 1.29 is 4.79 Å². The summed E-state index contributed by atoms with van der Waals surface area (Å²) in [6.45, 7) is 4.66. The third-order valence-corrected chi connectivity index (χ3v) is 4.43. The minimum atomic E-state index is 0.0849. The largest absolute Gasteiger partial charge is 0.399 e. The van der Waals surface area contributed by atoms with E-state index in [2.05, 4.69) is 20.1 Å². The van der Waals surface area contributed by atoms with Gasteiger partial charge in [0.2, 0.25) is 5.91 Å². The summed E-state index contributed by atoms with van der Waals surface area (Å²) in [6, 6.07) is 13.7. The Morgan fingerprint density at radius 2 is 1.84 bits per heavy atom. The van der Waals surface area contributed by atoms with Gasteiger partial charge in [-0.1, -0.05) is 18.2 Å². The molecule has 1 aromatic heterocycles. The summed E-state index contributed by atoms with van der Waals surface area (Å²) in [5.41, 5.74) is 7.61. The van der Waals surface area contributed by atoms with Gasteiger partial charge in [0, 0.05) is 44.6 Å². The topological polar surface area (TPSA) is 74.5 Å². The van der Waals surface area contributed by atoms with Crippen molar-refractivity contribution in [3.05, 3.63) is 54.2 Å². The normalized spacial score (nSPS) is 15.1. The molecule has 1 aliphatic rings. The molecule has 6 nitrogen and oxygen atoms in total. The molecule has 1 amide bonds. The average Bonchev–Trinajstić information content (AvgIpc) is 2.65. The number of pyridine rings is 1. The maximum atomic E-state index is 12.1. The third-order valence-electron chi connectivity index (χ3n) is 4.43. The van der Waals surface area contributed by atoms with E-state index in [-0.39, 0.29) is 5.91 Å². The lowest BCUT2D eigenvalue weighted by Gasteiger charge is -2.34. The molecule has 1 aliphatic heterocycles. The van der Waals surface area contributed by atoms with Crippen LogP contribution in [0.5, 0.6) is 0 Å². The second kappa shape index (κ2) is 8.48. The number of aromatic nitrogens is 1. The number of carbonyl (C=O) groups excluding carboxylic acids is 1. The Morgan fingerprint density at radius 1 is 1.08 bits per heavy atom. The van der Waals surface area contributed by atoms with Crippen LogP contribution in [0.2, 0.25) is 0 Å². The van der Waals surface area contributed by atoms with Crippen LogP contribution < -0.4 is 16.0 Å². The van der Waals surface area contributed by atoms with Crippen molar-refractivity contribution >= 4 is 17.4 Å². The molecule has 3 N–H and O–H groups in total. The Morgan fingerprint density at radius 3 is 2.52 bits per heavy atom. The van der Waals surface area contributed by atoms with E-state index in [1.165, 1.54) is 5.56 Å². The summed E-state index contributed by atoms with van der Waals surface area (Å²) in [7, 11) is 0. The first-order valence-electron chi connectivity index (χ1n) is 8.70. The number of amides is 1. The van der Waals surface area contributed by atoms with E-state index in [0.717, 1.165) is 44.1 Å². The van der Waals surface area contributed by atoms with Gasteiger partial charge in [-0.05, 0) is 36.2 Å². The van der Waals surface area contributed by atoms with Gasteiger partial charge in [-0.15, -0.1) is 0 Å². The highest BCUT2D eigenvalue weighted by Gasteiger charge is 2.19. The van der Waals surface area contributed by atoms with E-state index >= 15 is 0 Å². The summed E-state index contributed by atoms with van der Waals surface area (Å²) in [5, 5.41) is 3.00. The molecule has 1 saturated heterocycles. The van der Waals surface area contributed by atoms with Crippen molar-refractivity contribution in [2.24, 2.45) is 0 Å². The lowest BCUT2D eigenvalue weighted by molar-refractivity contribution is -0.122. The molecule has 0 radical (unpaired) electrons. The van der Waals surface area contributed by atoms with Crippen molar-refractivity contribution in [1.82, 2.24) is 15.2 Å². The maximum Gasteiger partial charge on any atom is 0.234 e. The van der Waals surface area contributed by atoms with Gasteiger partial charge in [0.05, 0.1) is 6.54 Å². The number of nitrogens with two attached hydrogens (primary N) is 1. The molecule has 2 aromatic rings. The number of hydrogen-bond donors (Lipinski definition) is 2. The van der Waals surface area contributed by atoms with Crippen LogP contribution in [0, 0.1) is 0 Å². The van der Waals surface area contributed by atoms with Crippen LogP contribution in [0.25, 0.3) is 0 Å². The van der Waals surface area contributed by atoms with Crippen molar-refractivity contribution in [3.63, 3.8) is 0 Å². The smallest absolute Gasteiger partial charge is 0.234 e. The zero-order valence-electron chi connectivity index (χ0n) is 14.4. The predicted molar refractivity (Wildman–Crippen MR) is 100 cm³/mol. The summed E-state index contributed by atoms with van der Waals surface area (Å²) in [4.78, 5) is 20.9. The maximum absolute atomic E-state index is 12.1. The Bertz CT molecular complexity index is 666. The van der Waals surface area contributed by atoms with Gasteiger partial charge in [0.1, 0.15) is 5.82 Å². The third kappa shape index (κ3) is 5.19. The fourth-order valence-corrected chi connectivity index (χ4v) is 2.97. The Balaban J connectivity index is 1.35. The fraction of sp³-hybridized carbons (Fsp3) is 0.368. The molecule has 6 heteroatoms. The van der Waals surface area contributed by atoms with Crippen LogP contribution in [-0.2, 0) is 11.2 Å². The van der Waals surface area contributed by atoms with E-state index in [1.54, 1.807) is 0 Å². The molecule has 0 saturated carbocycles. The van der Waals surface area contributed by atoms with E-state index in [0.29, 0.717) is 13.1 Å². The number of nitrogen functional groups attached to an aromatic ring is 1. The standard InChI is InChI=1S/C19H25N5O/c20-17-6-4-16(5-7-17)8-10-22-19(25)15-23-11-13-24(14-12-23)18-3-1-2-9-21-18/h1-7,9H,8,10-15,20H2,(H,22,25). The van der Waals surface area contributed by atoms with Gasteiger partial charge in [0.15, 0.2) is 0 Å². The highest BCUT2D eigenvalue weighted by Crippen LogP contribution is 2.12. The predicted octanol–water partition coefficient (Wildman–Crippen LogP) is 1.14. The first-order chi connectivity index (χ1) is 12.2. The van der Waals surface area contributed by atoms with Crippen molar-refractivity contribution in [1.29, 1.82) is 0 Å². The molecule has 1 fully saturated rings. The molecule has 0 unspecified atom stereocenters. The number of anilines is 2. The Labute approximate surface area is 148 Å². The van der Waals surface area contributed by atoms with Crippen LogP contribution in [0.4, 0.5) is 11.5 Å². The minimum Gasteiger partial charge on any atom is -0.399 e. The van der Waals surface area contributed by atoms with Crippen molar-refractivity contribution in [3.8, 4) is 0 Å². The van der Waals surface area contributed by atoms with Gasteiger partial charge in [-0.2, -0.15) is 0 Å². The van der Waals surface area contributed by atoms with Crippen LogP contribution in [0.15, 0.2) is 48.7 Å². The molecule has 0 bridgehead atoms. The van der Waals surface area contributed by atoms with Crippen LogP contribution >= 0.6 is 0 Å². The van der Waals surface area contributed by atoms with Gasteiger partial charge in [-0.3, -0.25) is 9.69 Å². The first kappa shape index (κ1) is 17.2. The van der Waals surface area contributed by atoms with Gasteiger partial charge in [-0.25, -0.2) is 4.98 Å². The minimum absolute atomic E-state index is 0.0849. The molecule has 0 aliphatic carbocycles. The Kier molecular flexibility index (Phi) is 5.85. The molecule has 1 aromatic carbocycles. The number of rotatable bonds is 6. The average molecular weight is 339 g/mol. The molecule has 0 spiro atoms. The fourth-order valence-electron chi connectivity index (χ4n) is 2.97. The van der Waals surface area contributed by atoms with Gasteiger partial charge in [0.25, 0.3) is 0 Å². The van der Waals surface area contributed by atoms with Crippen LogP contribution in [-0.4, -0.2) is 55.1 Å². The van der Waals surface area contributed by atoms with E-state index in [9.17, 15) is 4.79 Å². The number of benzene rings is 1. The quantitative estimate of drug-likeness (QED) is 0.772. The number of carbonyl (C=O) groups is 1. The molecule has 0 atom stereocenters. The zero-order valence-corrected chi connectivity index (χ0v) is 14.4. The lowest BCUT2D eigenvalue weighted by atomic mass is 10.1. The second-order valence-corrected chi connectivity index (χ2v) is 6.29. The molecule has 25 heavy (non-hydrogen) atoms. The lowest BCUT2D eigenvalue weighted by Crippen LogP contribution is -2.49. The number of nitrogens with one attached hydrogen (secondary N) is 1. The van der Waals surface area contributed by atoms with Crippen LogP contribution in [0.3, 0.4) is 0 Å². The molecule has 3 rings (SSSR count). The van der Waals surface area contributed by atoms with Crippen molar-refractivity contribution in [2.75, 3.05) is 49.9 Å². The summed E-state index contributed by atoms with van der Waals surface area (Å²) >= 11 is 0. The molecule has 132 valence electrons. The number of hydrogen-bond acceptors (Lipinski definition) is 5. The number of piperazine rings is 1. The zero-order chi connectivity index (χ0) is 17.5. The van der Waals surface area contributed by atoms with E-state index in [1.807, 2.05) is 48.7 Å². The SMILES string of the molecule is Nc1ccc(CCNC(=O)CN2CCN(c3ccccn3)CC2)cc1. The second-order valence-electron chi connectivity index (χ2n) is 6.29. The first-order valence-corrected chi connectivity index (χ1v) is 8.70. The van der Waals surface area contributed by atoms with E-state index in [4.69, 9.17) is 5.73 Å². The molecule has 2 heterocycles. The van der Waals surface area contributed by atoms with Gasteiger partial charge < -0.3 is 16.0 Å². The molecular formula is C19H25N5O. The highest BCUT2D eigenvalue weighted by atomic mass is 16.2. The monoisotopic (exact) mass is 339 g/mol. The number of nitrogens with zero attached hydrogens (tertiary/aromatic N) is 3.